The Hall–Kier alpha value is 0.760. The van der Waals surface area contributed by atoms with Crippen molar-refractivity contribution < 1.29 is 14.7 Å². The summed E-state index contributed by atoms with van der Waals surface area (Å²) in [7, 11) is 0. The molecule has 3 nitrogen and oxygen atoms in total. The zero-order valence-electron chi connectivity index (χ0n) is 4.30. The highest BCUT2D eigenvalue weighted by molar-refractivity contribution is 14.1. The third-order valence-corrected chi connectivity index (χ3v) is 1.78. The number of hydrogen-bond acceptors (Lipinski definition) is 3. The molecular formula is C4H4I2O3. The molecule has 0 amide bonds. The summed E-state index contributed by atoms with van der Waals surface area (Å²) < 4.78 is -0.595. The van der Waals surface area contributed by atoms with Crippen LogP contribution in [-0.2, 0) is 9.59 Å². The van der Waals surface area contributed by atoms with Crippen molar-refractivity contribution >= 4 is 52.8 Å². The van der Waals surface area contributed by atoms with Gasteiger partial charge < -0.3 is 5.11 Å². The zero-order chi connectivity index (χ0) is 7.44. The van der Waals surface area contributed by atoms with Crippen molar-refractivity contribution in [3.05, 3.63) is 0 Å². The van der Waals surface area contributed by atoms with Gasteiger partial charge in [-0.3, -0.25) is 9.59 Å². The topological polar surface area (TPSA) is 54.4 Å². The van der Waals surface area contributed by atoms with E-state index in [-0.39, 0.29) is 10.2 Å². The number of carbonyl (C=O) groups is 2. The van der Waals surface area contributed by atoms with Crippen LogP contribution in [0.2, 0.25) is 0 Å². The molecule has 0 rings (SSSR count). The van der Waals surface area contributed by atoms with Gasteiger partial charge in [0.05, 0.1) is 6.42 Å². The molecule has 0 aromatic heterocycles. The second-order valence-electron chi connectivity index (χ2n) is 1.38. The van der Waals surface area contributed by atoms with Crippen molar-refractivity contribution in [3.8, 4) is 0 Å². The van der Waals surface area contributed by atoms with Crippen LogP contribution >= 0.6 is 45.2 Å². The van der Waals surface area contributed by atoms with E-state index < -0.39 is 9.89 Å². The Kier molecular flexibility index (Phi) is 4.94. The minimum atomic E-state index is -1.12. The van der Waals surface area contributed by atoms with Gasteiger partial charge >= 0.3 is 0 Å². The van der Waals surface area contributed by atoms with E-state index in [0.717, 1.165) is 0 Å². The molecular weight excluding hydrogens is 350 g/mol. The van der Waals surface area contributed by atoms with Crippen LogP contribution in [-0.4, -0.2) is 18.8 Å². The third-order valence-electron chi connectivity index (χ3n) is 0.616. The van der Waals surface area contributed by atoms with E-state index in [9.17, 15) is 9.59 Å². The van der Waals surface area contributed by atoms with Gasteiger partial charge in [-0.25, -0.2) is 0 Å². The molecule has 0 spiro atoms. The maximum atomic E-state index is 10.3. The first-order valence-electron chi connectivity index (χ1n) is 2.09. The molecule has 0 aromatic rings. The van der Waals surface area contributed by atoms with E-state index in [2.05, 4.69) is 0 Å². The maximum absolute atomic E-state index is 10.3. The molecule has 0 aliphatic carbocycles. The standard InChI is InChI=1S/C4H4I2O3/c5-3(8)1-2(7)4(6)9/h2,7H,1H2. The van der Waals surface area contributed by atoms with Gasteiger partial charge in [0.2, 0.25) is 3.79 Å². The summed E-state index contributed by atoms with van der Waals surface area (Å²) in [5.41, 5.74) is 0. The fourth-order valence-electron chi connectivity index (χ4n) is 0.232. The summed E-state index contributed by atoms with van der Waals surface area (Å²) in [4.78, 5) is 20.5. The van der Waals surface area contributed by atoms with E-state index in [1.165, 1.54) is 45.2 Å². The third kappa shape index (κ3) is 5.22. The Balaban J connectivity index is 3.63. The summed E-state index contributed by atoms with van der Waals surface area (Å²) in [5, 5.41) is 8.71. The largest absolute Gasteiger partial charge is 0.384 e. The molecule has 0 bridgehead atoms. The van der Waals surface area contributed by atoms with E-state index in [4.69, 9.17) is 5.11 Å². The Morgan fingerprint density at radius 3 is 2.00 bits per heavy atom. The first kappa shape index (κ1) is 9.76. The summed E-state index contributed by atoms with van der Waals surface area (Å²) >= 11 is 2.99. The Bertz CT molecular complexity index is 134. The molecule has 0 saturated heterocycles. The SMILES string of the molecule is O=C(I)CC(O)C(=O)I. The highest BCUT2D eigenvalue weighted by atomic mass is 127. The number of halogens is 2. The smallest absolute Gasteiger partial charge is 0.221 e. The highest BCUT2D eigenvalue weighted by Crippen LogP contribution is 2.03. The number of rotatable bonds is 3. The van der Waals surface area contributed by atoms with Gasteiger partial charge in [0.25, 0.3) is 0 Å². The summed E-state index contributed by atoms with van der Waals surface area (Å²) in [6, 6.07) is 0. The molecule has 0 aliphatic rings. The average molecular weight is 354 g/mol. The lowest BCUT2D eigenvalue weighted by molar-refractivity contribution is -0.121. The molecule has 0 fully saturated rings. The fourth-order valence-corrected chi connectivity index (χ4v) is 0.870. The molecule has 1 unspecified atom stereocenters. The van der Waals surface area contributed by atoms with Gasteiger partial charge in [0, 0.05) is 22.6 Å². The van der Waals surface area contributed by atoms with Crippen molar-refractivity contribution in [3.63, 3.8) is 0 Å². The van der Waals surface area contributed by atoms with Crippen molar-refractivity contribution in [2.24, 2.45) is 0 Å². The van der Waals surface area contributed by atoms with Gasteiger partial charge in [0.1, 0.15) is 6.10 Å². The first-order valence-corrected chi connectivity index (χ1v) is 4.25. The van der Waals surface area contributed by atoms with Gasteiger partial charge in [-0.2, -0.15) is 0 Å². The molecule has 0 heterocycles. The highest BCUT2D eigenvalue weighted by Gasteiger charge is 2.13. The van der Waals surface area contributed by atoms with Gasteiger partial charge in [-0.05, 0) is 22.6 Å². The number of aliphatic hydroxyl groups excluding tert-OH is 1. The number of aliphatic hydroxyl groups is 1. The van der Waals surface area contributed by atoms with E-state index in [1.54, 1.807) is 0 Å². The normalized spacial score (nSPS) is 12.8. The van der Waals surface area contributed by atoms with Crippen molar-refractivity contribution in [1.29, 1.82) is 0 Å². The molecule has 0 aromatic carbocycles. The summed E-state index contributed by atoms with van der Waals surface area (Å²) in [6.45, 7) is 0. The predicted molar refractivity (Wildman–Crippen MR) is 48.7 cm³/mol. The molecule has 1 N–H and O–H groups in total. The Morgan fingerprint density at radius 1 is 1.44 bits per heavy atom. The van der Waals surface area contributed by atoms with Crippen LogP contribution in [0.5, 0.6) is 0 Å². The zero-order valence-corrected chi connectivity index (χ0v) is 8.62. The van der Waals surface area contributed by atoms with Crippen LogP contribution in [0.25, 0.3) is 0 Å². The molecule has 0 radical (unpaired) electrons. The fraction of sp³-hybridized carbons (Fsp3) is 0.500. The van der Waals surface area contributed by atoms with Gasteiger partial charge in [0.15, 0.2) is 3.79 Å². The van der Waals surface area contributed by atoms with E-state index in [1.807, 2.05) is 0 Å². The molecule has 5 heteroatoms. The molecule has 52 valence electrons. The summed E-state index contributed by atoms with van der Waals surface area (Å²) in [5.74, 6) is 0. The van der Waals surface area contributed by atoms with Crippen LogP contribution in [0.15, 0.2) is 0 Å². The first-order chi connectivity index (χ1) is 4.04. The van der Waals surface area contributed by atoms with Gasteiger partial charge in [-0.15, -0.1) is 0 Å². The van der Waals surface area contributed by atoms with Crippen LogP contribution in [0.4, 0.5) is 0 Å². The van der Waals surface area contributed by atoms with Crippen LogP contribution in [0.1, 0.15) is 6.42 Å². The van der Waals surface area contributed by atoms with Crippen LogP contribution in [0, 0.1) is 0 Å². The molecule has 1 atom stereocenters. The predicted octanol–water partition coefficient (Wildman–Crippen LogP) is 0.661. The minimum Gasteiger partial charge on any atom is -0.384 e. The lowest BCUT2D eigenvalue weighted by atomic mass is 10.3. The quantitative estimate of drug-likeness (QED) is 0.599. The molecule has 9 heavy (non-hydrogen) atoms. The van der Waals surface area contributed by atoms with Crippen molar-refractivity contribution in [2.75, 3.05) is 0 Å². The second kappa shape index (κ2) is 4.56. The monoisotopic (exact) mass is 354 g/mol. The number of carbonyl (C=O) groups excluding carboxylic acids is 2. The van der Waals surface area contributed by atoms with E-state index >= 15 is 0 Å². The van der Waals surface area contributed by atoms with Crippen LogP contribution in [0.3, 0.4) is 0 Å². The maximum Gasteiger partial charge on any atom is 0.221 e. The Labute approximate surface area is 79.5 Å². The lowest BCUT2D eigenvalue weighted by Crippen LogP contribution is -2.16. The Morgan fingerprint density at radius 2 is 1.89 bits per heavy atom. The van der Waals surface area contributed by atoms with Crippen molar-refractivity contribution in [2.45, 2.75) is 12.5 Å². The van der Waals surface area contributed by atoms with Crippen molar-refractivity contribution in [1.82, 2.24) is 0 Å². The lowest BCUT2D eigenvalue weighted by Gasteiger charge is -1.98. The van der Waals surface area contributed by atoms with E-state index in [0.29, 0.717) is 0 Å². The molecule has 0 saturated carbocycles. The average Bonchev–Trinajstić information content (AvgIpc) is 1.63. The van der Waals surface area contributed by atoms with Gasteiger partial charge in [-0.1, -0.05) is 0 Å². The minimum absolute atomic E-state index is 0.0810. The van der Waals surface area contributed by atoms with Crippen LogP contribution < -0.4 is 0 Å². The number of hydrogen-bond donors (Lipinski definition) is 1. The summed E-state index contributed by atoms with van der Waals surface area (Å²) in [6.07, 6.45) is -1.20. The molecule has 0 aliphatic heterocycles. The second-order valence-corrected chi connectivity index (χ2v) is 3.65.